The molecule has 1 saturated carbocycles. The van der Waals surface area contributed by atoms with Gasteiger partial charge in [-0.1, -0.05) is 12.8 Å². The minimum atomic E-state index is 0.772. The first-order chi connectivity index (χ1) is 5.38. The first-order valence-corrected chi connectivity index (χ1v) is 4.42. The summed E-state index contributed by atoms with van der Waals surface area (Å²) >= 11 is 0. The number of hydrogen-bond acceptors (Lipinski definition) is 3. The molecule has 0 unspecified atom stereocenters. The molecule has 2 aliphatic rings. The van der Waals surface area contributed by atoms with Gasteiger partial charge in [0, 0.05) is 6.04 Å². The molecule has 0 aromatic heterocycles. The molecule has 0 atom stereocenters. The van der Waals surface area contributed by atoms with Gasteiger partial charge >= 0.3 is 0 Å². The van der Waals surface area contributed by atoms with Crippen molar-refractivity contribution in [2.75, 3.05) is 6.67 Å². The quantitative estimate of drug-likeness (QED) is 0.611. The molecule has 3 nitrogen and oxygen atoms in total. The van der Waals surface area contributed by atoms with E-state index < -0.39 is 0 Å². The molecule has 0 saturated heterocycles. The standard InChI is InChI=1S/C8H15N3/c1-7-10-9-6-11(7)8-4-2-3-5-8/h8-9H,2-6H2,1H3. The molecular formula is C8H15N3. The van der Waals surface area contributed by atoms with Crippen molar-refractivity contribution in [3.05, 3.63) is 0 Å². The Morgan fingerprint density at radius 2 is 2.18 bits per heavy atom. The maximum Gasteiger partial charge on any atom is 0.123 e. The van der Waals surface area contributed by atoms with Crippen molar-refractivity contribution < 1.29 is 0 Å². The van der Waals surface area contributed by atoms with Crippen molar-refractivity contribution in [1.29, 1.82) is 0 Å². The Morgan fingerprint density at radius 3 is 2.73 bits per heavy atom. The molecule has 1 aliphatic heterocycles. The Morgan fingerprint density at radius 1 is 1.45 bits per heavy atom. The van der Waals surface area contributed by atoms with E-state index >= 15 is 0 Å². The van der Waals surface area contributed by atoms with Gasteiger partial charge < -0.3 is 4.90 Å². The van der Waals surface area contributed by atoms with Crippen molar-refractivity contribution >= 4 is 5.84 Å². The zero-order valence-corrected chi connectivity index (χ0v) is 7.01. The Bertz CT molecular complexity index is 170. The van der Waals surface area contributed by atoms with Crippen molar-refractivity contribution in [1.82, 2.24) is 10.3 Å². The van der Waals surface area contributed by atoms with E-state index in [1.807, 2.05) is 0 Å². The normalized spacial score (nSPS) is 25.5. The smallest absolute Gasteiger partial charge is 0.123 e. The molecule has 0 aromatic rings. The van der Waals surface area contributed by atoms with Crippen LogP contribution in [0.2, 0.25) is 0 Å². The van der Waals surface area contributed by atoms with Gasteiger partial charge in [0.25, 0.3) is 0 Å². The van der Waals surface area contributed by atoms with Crippen LogP contribution in [0.1, 0.15) is 32.6 Å². The van der Waals surface area contributed by atoms with Crippen LogP contribution in [0.15, 0.2) is 5.10 Å². The summed E-state index contributed by atoms with van der Waals surface area (Å²) in [5.41, 5.74) is 3.01. The highest BCUT2D eigenvalue weighted by atomic mass is 15.5. The third-order valence-corrected chi connectivity index (χ3v) is 2.66. The van der Waals surface area contributed by atoms with Gasteiger partial charge in [0.15, 0.2) is 0 Å². The molecule has 0 bridgehead atoms. The summed E-state index contributed by atoms with van der Waals surface area (Å²) in [5, 5.41) is 4.15. The second-order valence-corrected chi connectivity index (χ2v) is 3.38. The molecular weight excluding hydrogens is 138 g/mol. The molecule has 1 aliphatic carbocycles. The molecule has 2 rings (SSSR count). The van der Waals surface area contributed by atoms with Gasteiger partial charge in [-0.05, 0) is 19.8 Å². The lowest BCUT2D eigenvalue weighted by Gasteiger charge is -2.24. The molecule has 1 fully saturated rings. The van der Waals surface area contributed by atoms with Gasteiger partial charge in [0.05, 0.1) is 0 Å². The molecule has 11 heavy (non-hydrogen) atoms. The Labute approximate surface area is 67.5 Å². The van der Waals surface area contributed by atoms with E-state index in [4.69, 9.17) is 0 Å². The Hall–Kier alpha value is -0.730. The molecule has 0 spiro atoms. The molecule has 0 radical (unpaired) electrons. The van der Waals surface area contributed by atoms with Crippen LogP contribution < -0.4 is 5.43 Å². The monoisotopic (exact) mass is 153 g/mol. The molecule has 3 heteroatoms. The third-order valence-electron chi connectivity index (χ3n) is 2.66. The first-order valence-electron chi connectivity index (χ1n) is 4.42. The number of hydrazone groups is 1. The van der Waals surface area contributed by atoms with Crippen LogP contribution in [0.4, 0.5) is 0 Å². The predicted molar refractivity (Wildman–Crippen MR) is 45.2 cm³/mol. The van der Waals surface area contributed by atoms with Gasteiger partial charge in [0.2, 0.25) is 0 Å². The summed E-state index contributed by atoms with van der Waals surface area (Å²) in [4.78, 5) is 2.38. The molecule has 1 heterocycles. The van der Waals surface area contributed by atoms with E-state index in [0.717, 1.165) is 18.5 Å². The highest BCUT2D eigenvalue weighted by molar-refractivity contribution is 5.80. The van der Waals surface area contributed by atoms with E-state index in [1.54, 1.807) is 0 Å². The van der Waals surface area contributed by atoms with Gasteiger partial charge in [0.1, 0.15) is 12.5 Å². The SMILES string of the molecule is CC1=NNCN1C1CCCC1. The highest BCUT2D eigenvalue weighted by Gasteiger charge is 2.25. The van der Waals surface area contributed by atoms with Crippen molar-refractivity contribution in [3.63, 3.8) is 0 Å². The van der Waals surface area contributed by atoms with E-state index in [-0.39, 0.29) is 0 Å². The van der Waals surface area contributed by atoms with Crippen LogP contribution >= 0.6 is 0 Å². The Balaban J connectivity index is 1.98. The Kier molecular flexibility index (Phi) is 1.72. The van der Waals surface area contributed by atoms with Crippen LogP contribution in [0.3, 0.4) is 0 Å². The number of amidine groups is 1. The van der Waals surface area contributed by atoms with Crippen LogP contribution in [-0.2, 0) is 0 Å². The van der Waals surface area contributed by atoms with Gasteiger partial charge in [-0.25, -0.2) is 0 Å². The lowest BCUT2D eigenvalue weighted by molar-refractivity contribution is 0.320. The number of hydrogen-bond donors (Lipinski definition) is 1. The van der Waals surface area contributed by atoms with E-state index in [1.165, 1.54) is 25.7 Å². The summed E-state index contributed by atoms with van der Waals surface area (Å²) < 4.78 is 0. The highest BCUT2D eigenvalue weighted by Crippen LogP contribution is 2.24. The summed E-state index contributed by atoms with van der Waals surface area (Å²) in [5.74, 6) is 1.16. The number of nitrogens with zero attached hydrogens (tertiary/aromatic N) is 2. The lowest BCUT2D eigenvalue weighted by Crippen LogP contribution is -2.36. The zero-order chi connectivity index (χ0) is 7.68. The topological polar surface area (TPSA) is 27.6 Å². The maximum absolute atomic E-state index is 4.15. The summed E-state index contributed by atoms with van der Waals surface area (Å²) in [6.45, 7) is 3.01. The number of rotatable bonds is 1. The van der Waals surface area contributed by atoms with Crippen molar-refractivity contribution in [2.24, 2.45) is 5.10 Å². The van der Waals surface area contributed by atoms with E-state index in [9.17, 15) is 0 Å². The van der Waals surface area contributed by atoms with Crippen molar-refractivity contribution in [2.45, 2.75) is 38.6 Å². The average Bonchev–Trinajstić information content (AvgIpc) is 2.55. The summed E-state index contributed by atoms with van der Waals surface area (Å²) in [6.07, 6.45) is 5.51. The van der Waals surface area contributed by atoms with Crippen LogP contribution in [0, 0.1) is 0 Å². The lowest BCUT2D eigenvalue weighted by atomic mass is 10.2. The molecule has 0 amide bonds. The summed E-state index contributed by atoms with van der Waals surface area (Å²) in [7, 11) is 0. The fourth-order valence-electron chi connectivity index (χ4n) is 2.01. The first kappa shape index (κ1) is 6.95. The average molecular weight is 153 g/mol. The van der Waals surface area contributed by atoms with Gasteiger partial charge in [-0.2, -0.15) is 5.10 Å². The second-order valence-electron chi connectivity index (χ2n) is 3.38. The van der Waals surface area contributed by atoms with Crippen LogP contribution in [0.25, 0.3) is 0 Å². The summed E-state index contributed by atoms with van der Waals surface area (Å²) in [6, 6.07) is 0.772. The molecule has 62 valence electrons. The van der Waals surface area contributed by atoms with E-state index in [2.05, 4.69) is 22.4 Å². The van der Waals surface area contributed by atoms with Crippen LogP contribution in [-0.4, -0.2) is 23.4 Å². The third kappa shape index (κ3) is 1.19. The zero-order valence-electron chi connectivity index (χ0n) is 7.01. The molecule has 1 N–H and O–H groups in total. The second kappa shape index (κ2) is 2.72. The van der Waals surface area contributed by atoms with Gasteiger partial charge in [-0.15, -0.1) is 0 Å². The molecule has 0 aromatic carbocycles. The van der Waals surface area contributed by atoms with Crippen molar-refractivity contribution in [3.8, 4) is 0 Å². The van der Waals surface area contributed by atoms with E-state index in [0.29, 0.717) is 0 Å². The fourth-order valence-corrected chi connectivity index (χ4v) is 2.01. The minimum Gasteiger partial charge on any atom is -0.337 e. The minimum absolute atomic E-state index is 0.772. The largest absolute Gasteiger partial charge is 0.337 e. The fraction of sp³-hybridized carbons (Fsp3) is 0.875. The maximum atomic E-state index is 4.15. The van der Waals surface area contributed by atoms with Crippen LogP contribution in [0.5, 0.6) is 0 Å². The number of nitrogens with one attached hydrogen (secondary N) is 1. The van der Waals surface area contributed by atoms with Gasteiger partial charge in [-0.3, -0.25) is 5.43 Å². The predicted octanol–water partition coefficient (Wildman–Crippen LogP) is 1.13.